The standard InChI is InChI=1S/C19H22N4O/c24-18(14-16-7-6-15-4-1-2-5-17(15)16)22-10-12-23(13-11-22)19-20-8-3-9-21-19/h1-5,8-9,16H,6-7,10-14H2/t16-/m0/s1. The average molecular weight is 322 g/mol. The van der Waals surface area contributed by atoms with Crippen molar-refractivity contribution in [2.45, 2.75) is 25.2 Å². The van der Waals surface area contributed by atoms with E-state index in [2.05, 4.69) is 39.1 Å². The summed E-state index contributed by atoms with van der Waals surface area (Å²) < 4.78 is 0. The molecule has 124 valence electrons. The minimum absolute atomic E-state index is 0.283. The van der Waals surface area contributed by atoms with Crippen LogP contribution < -0.4 is 4.90 Å². The third-order valence-corrected chi connectivity index (χ3v) is 5.15. The molecule has 0 unspecified atom stereocenters. The Hall–Kier alpha value is -2.43. The molecule has 0 radical (unpaired) electrons. The molecule has 2 aromatic rings. The van der Waals surface area contributed by atoms with Gasteiger partial charge >= 0.3 is 0 Å². The number of amides is 1. The summed E-state index contributed by atoms with van der Waals surface area (Å²) in [7, 11) is 0. The summed E-state index contributed by atoms with van der Waals surface area (Å²) in [5.74, 6) is 1.43. The van der Waals surface area contributed by atoms with E-state index in [0.29, 0.717) is 12.3 Å². The summed E-state index contributed by atoms with van der Waals surface area (Å²) in [5.41, 5.74) is 2.79. The van der Waals surface area contributed by atoms with Gasteiger partial charge in [0.1, 0.15) is 0 Å². The van der Waals surface area contributed by atoms with Crippen LogP contribution in [0.1, 0.15) is 29.9 Å². The zero-order chi connectivity index (χ0) is 16.4. The van der Waals surface area contributed by atoms with E-state index in [1.807, 2.05) is 11.0 Å². The van der Waals surface area contributed by atoms with Gasteiger partial charge in [-0.1, -0.05) is 24.3 Å². The van der Waals surface area contributed by atoms with Crippen LogP contribution >= 0.6 is 0 Å². The Morgan fingerprint density at radius 1 is 1.04 bits per heavy atom. The van der Waals surface area contributed by atoms with Gasteiger partial charge in [0, 0.05) is 45.0 Å². The van der Waals surface area contributed by atoms with Gasteiger partial charge in [-0.2, -0.15) is 0 Å². The molecule has 1 aliphatic carbocycles. The molecule has 1 atom stereocenters. The fourth-order valence-corrected chi connectivity index (χ4v) is 3.81. The van der Waals surface area contributed by atoms with E-state index in [-0.39, 0.29) is 5.91 Å². The van der Waals surface area contributed by atoms with Gasteiger partial charge in [-0.25, -0.2) is 9.97 Å². The lowest BCUT2D eigenvalue weighted by Gasteiger charge is -2.35. The van der Waals surface area contributed by atoms with E-state index in [1.165, 1.54) is 11.1 Å². The molecule has 1 amide bonds. The third kappa shape index (κ3) is 2.98. The van der Waals surface area contributed by atoms with E-state index in [1.54, 1.807) is 12.4 Å². The Kier molecular flexibility index (Phi) is 4.15. The lowest BCUT2D eigenvalue weighted by molar-refractivity contribution is -0.131. The molecular weight excluding hydrogens is 300 g/mol. The maximum Gasteiger partial charge on any atom is 0.225 e. The molecule has 0 bridgehead atoms. The Bertz CT molecular complexity index is 710. The second kappa shape index (κ2) is 6.59. The van der Waals surface area contributed by atoms with Crippen LogP contribution in [0.15, 0.2) is 42.7 Å². The summed E-state index contributed by atoms with van der Waals surface area (Å²) >= 11 is 0. The van der Waals surface area contributed by atoms with Crippen LogP contribution in [-0.4, -0.2) is 47.0 Å². The van der Waals surface area contributed by atoms with Crippen LogP contribution in [0.4, 0.5) is 5.95 Å². The van der Waals surface area contributed by atoms with Crippen molar-refractivity contribution < 1.29 is 4.79 Å². The lowest BCUT2D eigenvalue weighted by Crippen LogP contribution is -2.49. The second-order valence-electron chi connectivity index (χ2n) is 6.56. The molecule has 1 aliphatic heterocycles. The molecule has 0 saturated carbocycles. The van der Waals surface area contributed by atoms with Gasteiger partial charge in [-0.3, -0.25) is 4.79 Å². The highest BCUT2D eigenvalue weighted by molar-refractivity contribution is 5.77. The molecule has 0 N–H and O–H groups in total. The number of piperazine rings is 1. The smallest absolute Gasteiger partial charge is 0.225 e. The van der Waals surface area contributed by atoms with Crippen molar-refractivity contribution in [2.75, 3.05) is 31.1 Å². The van der Waals surface area contributed by atoms with Crippen molar-refractivity contribution >= 4 is 11.9 Å². The van der Waals surface area contributed by atoms with Crippen LogP contribution in [0.2, 0.25) is 0 Å². The molecule has 4 rings (SSSR count). The highest BCUT2D eigenvalue weighted by Gasteiger charge is 2.28. The van der Waals surface area contributed by atoms with Crippen LogP contribution in [-0.2, 0) is 11.2 Å². The van der Waals surface area contributed by atoms with Gasteiger partial charge in [0.25, 0.3) is 0 Å². The number of benzene rings is 1. The fourth-order valence-electron chi connectivity index (χ4n) is 3.81. The zero-order valence-electron chi connectivity index (χ0n) is 13.8. The monoisotopic (exact) mass is 322 g/mol. The molecule has 0 spiro atoms. The average Bonchev–Trinajstić information content (AvgIpc) is 3.06. The minimum atomic E-state index is 0.283. The van der Waals surface area contributed by atoms with Gasteiger partial charge in [0.15, 0.2) is 0 Å². The Labute approximate surface area is 142 Å². The van der Waals surface area contributed by atoms with Gasteiger partial charge in [-0.05, 0) is 36.0 Å². The summed E-state index contributed by atoms with van der Waals surface area (Å²) in [5, 5.41) is 0. The molecule has 1 aromatic heterocycles. The van der Waals surface area contributed by atoms with E-state index in [0.717, 1.165) is 45.0 Å². The zero-order valence-corrected chi connectivity index (χ0v) is 13.8. The number of rotatable bonds is 3. The number of anilines is 1. The number of hydrogen-bond donors (Lipinski definition) is 0. The van der Waals surface area contributed by atoms with E-state index >= 15 is 0 Å². The number of hydrogen-bond acceptors (Lipinski definition) is 4. The SMILES string of the molecule is O=C(C[C@@H]1CCc2ccccc21)N1CCN(c2ncccn2)CC1. The summed E-state index contributed by atoms with van der Waals surface area (Å²) in [6.07, 6.45) is 6.36. The molecule has 1 aromatic carbocycles. The first kappa shape index (κ1) is 15.1. The number of carbonyl (C=O) groups is 1. The first-order valence-electron chi connectivity index (χ1n) is 8.69. The maximum absolute atomic E-state index is 12.7. The van der Waals surface area contributed by atoms with Gasteiger partial charge in [0.2, 0.25) is 11.9 Å². The number of nitrogens with zero attached hydrogens (tertiary/aromatic N) is 4. The first-order valence-corrected chi connectivity index (χ1v) is 8.69. The topological polar surface area (TPSA) is 49.3 Å². The molecule has 2 heterocycles. The van der Waals surface area contributed by atoms with Crippen molar-refractivity contribution in [3.05, 3.63) is 53.9 Å². The van der Waals surface area contributed by atoms with E-state index in [9.17, 15) is 4.79 Å². The van der Waals surface area contributed by atoms with Crippen molar-refractivity contribution in [3.8, 4) is 0 Å². The van der Waals surface area contributed by atoms with Gasteiger partial charge in [-0.15, -0.1) is 0 Å². The van der Waals surface area contributed by atoms with E-state index < -0.39 is 0 Å². The van der Waals surface area contributed by atoms with Crippen LogP contribution in [0, 0.1) is 0 Å². The highest BCUT2D eigenvalue weighted by atomic mass is 16.2. The Morgan fingerprint density at radius 2 is 1.79 bits per heavy atom. The third-order valence-electron chi connectivity index (χ3n) is 5.15. The molecular formula is C19H22N4O. The Balaban J connectivity index is 1.34. The molecule has 2 aliphatic rings. The molecule has 5 heteroatoms. The number of fused-ring (bicyclic) bond motifs is 1. The van der Waals surface area contributed by atoms with Crippen LogP contribution in [0.3, 0.4) is 0 Å². The van der Waals surface area contributed by atoms with Crippen molar-refractivity contribution in [1.29, 1.82) is 0 Å². The summed E-state index contributed by atoms with van der Waals surface area (Å²) in [6, 6.07) is 10.4. The van der Waals surface area contributed by atoms with Crippen LogP contribution in [0.5, 0.6) is 0 Å². The van der Waals surface area contributed by atoms with Crippen molar-refractivity contribution in [3.63, 3.8) is 0 Å². The fraction of sp³-hybridized carbons (Fsp3) is 0.421. The number of aromatic nitrogens is 2. The predicted molar refractivity (Wildman–Crippen MR) is 92.9 cm³/mol. The van der Waals surface area contributed by atoms with Crippen molar-refractivity contribution in [1.82, 2.24) is 14.9 Å². The maximum atomic E-state index is 12.7. The summed E-state index contributed by atoms with van der Waals surface area (Å²) in [4.78, 5) is 25.4. The van der Waals surface area contributed by atoms with E-state index in [4.69, 9.17) is 0 Å². The Morgan fingerprint density at radius 3 is 2.58 bits per heavy atom. The number of carbonyl (C=O) groups excluding carboxylic acids is 1. The second-order valence-corrected chi connectivity index (χ2v) is 6.56. The van der Waals surface area contributed by atoms with Gasteiger partial charge < -0.3 is 9.80 Å². The molecule has 1 fully saturated rings. The normalized spacial score (nSPS) is 20.1. The molecule has 1 saturated heterocycles. The summed E-state index contributed by atoms with van der Waals surface area (Å²) in [6.45, 7) is 3.12. The van der Waals surface area contributed by atoms with Crippen molar-refractivity contribution in [2.24, 2.45) is 0 Å². The predicted octanol–water partition coefficient (Wildman–Crippen LogP) is 2.25. The minimum Gasteiger partial charge on any atom is -0.339 e. The highest BCUT2D eigenvalue weighted by Crippen LogP contribution is 2.35. The van der Waals surface area contributed by atoms with Crippen LogP contribution in [0.25, 0.3) is 0 Å². The largest absolute Gasteiger partial charge is 0.339 e. The molecule has 5 nitrogen and oxygen atoms in total. The van der Waals surface area contributed by atoms with Gasteiger partial charge in [0.05, 0.1) is 0 Å². The number of aryl methyl sites for hydroxylation is 1. The quantitative estimate of drug-likeness (QED) is 0.870. The molecule has 24 heavy (non-hydrogen) atoms. The first-order chi connectivity index (χ1) is 11.8. The lowest BCUT2D eigenvalue weighted by atomic mass is 9.97.